The van der Waals surface area contributed by atoms with Gasteiger partial charge in [-0.2, -0.15) is 0 Å². The first-order chi connectivity index (χ1) is 9.09. The number of nitro groups is 1. The number of hydrazine groups is 1. The van der Waals surface area contributed by atoms with E-state index < -0.39 is 10.9 Å². The molecule has 0 aromatic heterocycles. The van der Waals surface area contributed by atoms with Gasteiger partial charge in [0.05, 0.1) is 0 Å². The molecule has 1 amide bonds. The maximum atomic E-state index is 12.2. The normalized spacial score (nSPS) is 9.95. The minimum Gasteiger partial charge on any atom is -0.262 e. The second-order valence-corrected chi connectivity index (χ2v) is 4.06. The summed E-state index contributed by atoms with van der Waals surface area (Å²) in [5.74, 6) is -0.656. The zero-order valence-electron chi connectivity index (χ0n) is 10.3. The summed E-state index contributed by atoms with van der Waals surface area (Å²) < 4.78 is 0. The number of nitrogens with zero attached hydrogens (tertiary/aromatic N) is 2. The molecule has 0 spiro atoms. The van der Waals surface area contributed by atoms with Gasteiger partial charge in [-0.1, -0.05) is 35.9 Å². The number of para-hydroxylation sites is 1. The highest BCUT2D eigenvalue weighted by molar-refractivity contribution is 6.04. The zero-order chi connectivity index (χ0) is 13.8. The van der Waals surface area contributed by atoms with Crippen molar-refractivity contribution in [3.63, 3.8) is 0 Å². The summed E-state index contributed by atoms with van der Waals surface area (Å²) in [7, 11) is 0. The number of carbonyl (C=O) groups excluding carboxylic acids is 1. The van der Waals surface area contributed by atoms with Crippen LogP contribution in [0.3, 0.4) is 0 Å². The molecule has 0 saturated carbocycles. The molecule has 0 saturated heterocycles. The van der Waals surface area contributed by atoms with Crippen LogP contribution in [0, 0.1) is 17.0 Å². The van der Waals surface area contributed by atoms with Crippen LogP contribution in [0.15, 0.2) is 54.6 Å². The highest BCUT2D eigenvalue weighted by Crippen LogP contribution is 2.17. The van der Waals surface area contributed by atoms with Gasteiger partial charge in [-0.05, 0) is 36.2 Å². The van der Waals surface area contributed by atoms with E-state index in [1.165, 1.54) is 12.1 Å². The highest BCUT2D eigenvalue weighted by Gasteiger charge is 2.27. The highest BCUT2D eigenvalue weighted by atomic mass is 16.7. The second kappa shape index (κ2) is 5.30. The molecule has 0 aliphatic rings. The van der Waals surface area contributed by atoms with E-state index in [1.54, 1.807) is 42.5 Å². The Morgan fingerprint density at radius 1 is 1.05 bits per heavy atom. The Balaban J connectivity index is 2.38. The summed E-state index contributed by atoms with van der Waals surface area (Å²) in [5, 5.41) is 10.9. The molecule has 2 rings (SSSR count). The van der Waals surface area contributed by atoms with Gasteiger partial charge in [-0.25, -0.2) is 10.1 Å². The fourth-order valence-corrected chi connectivity index (χ4v) is 1.67. The topological polar surface area (TPSA) is 63.5 Å². The predicted octanol–water partition coefficient (Wildman–Crippen LogP) is 2.83. The summed E-state index contributed by atoms with van der Waals surface area (Å²) in [6.07, 6.45) is 0. The van der Waals surface area contributed by atoms with Crippen LogP contribution in [0.2, 0.25) is 0 Å². The SMILES string of the molecule is Cc1ccc(C(=O)N(c2ccccc2)[N+](=O)[O-])cc1. The predicted molar refractivity (Wildman–Crippen MR) is 71.4 cm³/mol. The van der Waals surface area contributed by atoms with Gasteiger partial charge < -0.3 is 0 Å². The van der Waals surface area contributed by atoms with Crippen molar-refractivity contribution in [2.75, 3.05) is 5.01 Å². The van der Waals surface area contributed by atoms with Gasteiger partial charge in [-0.3, -0.25) is 4.79 Å². The molecule has 0 fully saturated rings. The Labute approximate surface area is 110 Å². The Bertz CT molecular complexity index is 594. The largest absolute Gasteiger partial charge is 0.319 e. The van der Waals surface area contributed by atoms with Gasteiger partial charge in [0.2, 0.25) is 0 Å². The van der Waals surface area contributed by atoms with E-state index in [0.29, 0.717) is 5.01 Å². The average Bonchev–Trinajstić information content (AvgIpc) is 2.40. The molecule has 0 radical (unpaired) electrons. The quantitative estimate of drug-likeness (QED) is 0.626. The third-order valence-corrected chi connectivity index (χ3v) is 2.65. The lowest BCUT2D eigenvalue weighted by Gasteiger charge is -2.12. The van der Waals surface area contributed by atoms with Crippen molar-refractivity contribution in [2.45, 2.75) is 6.92 Å². The van der Waals surface area contributed by atoms with Gasteiger partial charge in [-0.15, -0.1) is 0 Å². The number of anilines is 1. The summed E-state index contributed by atoms with van der Waals surface area (Å²) >= 11 is 0. The molecule has 5 heteroatoms. The third-order valence-electron chi connectivity index (χ3n) is 2.65. The number of benzene rings is 2. The summed E-state index contributed by atoms with van der Waals surface area (Å²) in [5.41, 5.74) is 1.51. The molecule has 0 unspecified atom stereocenters. The summed E-state index contributed by atoms with van der Waals surface area (Å²) in [4.78, 5) is 23.3. The average molecular weight is 256 g/mol. The molecule has 2 aromatic rings. The number of aryl methyl sites for hydroxylation is 1. The molecule has 0 atom stereocenters. The fraction of sp³-hybridized carbons (Fsp3) is 0.0714. The van der Waals surface area contributed by atoms with E-state index in [0.717, 1.165) is 5.56 Å². The maximum absolute atomic E-state index is 12.2. The van der Waals surface area contributed by atoms with E-state index in [4.69, 9.17) is 0 Å². The molecule has 0 aliphatic heterocycles. The van der Waals surface area contributed by atoms with Gasteiger partial charge in [0, 0.05) is 5.56 Å². The van der Waals surface area contributed by atoms with Crippen molar-refractivity contribution in [1.82, 2.24) is 0 Å². The van der Waals surface area contributed by atoms with Crippen LogP contribution in [0.4, 0.5) is 5.69 Å². The summed E-state index contributed by atoms with van der Waals surface area (Å²) in [6.45, 7) is 1.89. The number of hydrogen-bond donors (Lipinski definition) is 0. The Hall–Kier alpha value is -2.69. The minimum absolute atomic E-state index is 0.234. The smallest absolute Gasteiger partial charge is 0.262 e. The Morgan fingerprint density at radius 2 is 1.63 bits per heavy atom. The molecule has 96 valence electrons. The fourth-order valence-electron chi connectivity index (χ4n) is 1.67. The molecule has 2 aromatic carbocycles. The molecular weight excluding hydrogens is 244 g/mol. The molecule has 0 bridgehead atoms. The van der Waals surface area contributed by atoms with Crippen LogP contribution in [0.25, 0.3) is 0 Å². The van der Waals surface area contributed by atoms with E-state index in [2.05, 4.69) is 0 Å². The van der Waals surface area contributed by atoms with Crippen molar-refractivity contribution >= 4 is 11.6 Å². The molecule has 19 heavy (non-hydrogen) atoms. The van der Waals surface area contributed by atoms with Crippen LogP contribution in [-0.2, 0) is 0 Å². The molecular formula is C14H12N2O3. The lowest BCUT2D eigenvalue weighted by Crippen LogP contribution is -2.36. The van der Waals surface area contributed by atoms with Gasteiger partial charge in [0.25, 0.3) is 0 Å². The van der Waals surface area contributed by atoms with Gasteiger partial charge >= 0.3 is 5.91 Å². The van der Waals surface area contributed by atoms with Gasteiger partial charge in [0.15, 0.2) is 5.03 Å². The second-order valence-electron chi connectivity index (χ2n) is 4.06. The van der Waals surface area contributed by atoms with E-state index in [1.807, 2.05) is 6.92 Å². The number of carbonyl (C=O) groups is 1. The summed E-state index contributed by atoms with van der Waals surface area (Å²) in [6, 6.07) is 14.7. The zero-order valence-corrected chi connectivity index (χ0v) is 10.3. The number of amides is 1. The van der Waals surface area contributed by atoms with Gasteiger partial charge in [0.1, 0.15) is 5.69 Å². The molecule has 0 N–H and O–H groups in total. The van der Waals surface area contributed by atoms with Crippen molar-refractivity contribution in [2.24, 2.45) is 0 Å². The van der Waals surface area contributed by atoms with Crippen LogP contribution < -0.4 is 5.01 Å². The van der Waals surface area contributed by atoms with Crippen molar-refractivity contribution in [3.8, 4) is 0 Å². The monoisotopic (exact) mass is 256 g/mol. The van der Waals surface area contributed by atoms with E-state index in [-0.39, 0.29) is 11.3 Å². The van der Waals surface area contributed by atoms with Crippen molar-refractivity contribution in [1.29, 1.82) is 0 Å². The Morgan fingerprint density at radius 3 is 2.16 bits per heavy atom. The maximum Gasteiger partial charge on any atom is 0.319 e. The first kappa shape index (κ1) is 12.8. The van der Waals surface area contributed by atoms with Crippen LogP contribution in [-0.4, -0.2) is 10.9 Å². The van der Waals surface area contributed by atoms with Crippen LogP contribution in [0.5, 0.6) is 0 Å². The first-order valence-corrected chi connectivity index (χ1v) is 5.70. The number of hydrogen-bond acceptors (Lipinski definition) is 3. The van der Waals surface area contributed by atoms with E-state index >= 15 is 0 Å². The van der Waals surface area contributed by atoms with Crippen molar-refractivity contribution < 1.29 is 9.83 Å². The standard InChI is InChI=1S/C14H12N2O3/c1-11-7-9-12(10-8-11)14(17)15(16(18)19)13-5-3-2-4-6-13/h2-10H,1H3. The number of rotatable bonds is 3. The first-order valence-electron chi connectivity index (χ1n) is 5.70. The van der Waals surface area contributed by atoms with Crippen molar-refractivity contribution in [3.05, 3.63) is 75.8 Å². The minimum atomic E-state index is -0.711. The molecule has 0 heterocycles. The van der Waals surface area contributed by atoms with Crippen LogP contribution >= 0.6 is 0 Å². The van der Waals surface area contributed by atoms with E-state index in [9.17, 15) is 14.9 Å². The molecule has 5 nitrogen and oxygen atoms in total. The lowest BCUT2D eigenvalue weighted by atomic mass is 10.1. The molecule has 0 aliphatic carbocycles. The lowest BCUT2D eigenvalue weighted by molar-refractivity contribution is -0.481. The Kier molecular flexibility index (Phi) is 3.56. The third kappa shape index (κ3) is 2.77. The van der Waals surface area contributed by atoms with Crippen LogP contribution in [0.1, 0.15) is 15.9 Å².